The zero-order valence-electron chi connectivity index (χ0n) is 9.63. The minimum atomic E-state index is -0.0643. The summed E-state index contributed by atoms with van der Waals surface area (Å²) in [6, 6.07) is 0. The first-order chi connectivity index (χ1) is 7.81. The van der Waals surface area contributed by atoms with E-state index < -0.39 is 0 Å². The van der Waals surface area contributed by atoms with E-state index in [1.807, 2.05) is 0 Å². The van der Waals surface area contributed by atoms with Gasteiger partial charge >= 0.3 is 14.2 Å². The van der Waals surface area contributed by atoms with Crippen LogP contribution in [0, 0.1) is 0 Å². The molecule has 3 aliphatic rings. The molecule has 0 N–H and O–H groups in total. The molecule has 88 valence electrons. The first-order valence-electron chi connectivity index (χ1n) is 6.05. The lowest BCUT2D eigenvalue weighted by Crippen LogP contribution is -2.45. The number of rotatable bonds is 2. The van der Waals surface area contributed by atoms with Crippen LogP contribution in [-0.2, 0) is 18.6 Å². The molecule has 3 saturated heterocycles. The van der Waals surface area contributed by atoms with Crippen molar-refractivity contribution >= 4 is 26.0 Å². The Balaban J connectivity index is 1.71. The largest absolute Gasteiger partial charge is 0.457 e. The highest BCUT2D eigenvalue weighted by Crippen LogP contribution is 2.40. The average Bonchev–Trinajstić information content (AvgIpc) is 2.90. The topological polar surface area (TPSA) is 36.9 Å². The second-order valence-corrected chi connectivity index (χ2v) is 5.52. The van der Waals surface area contributed by atoms with Crippen molar-refractivity contribution in [1.29, 1.82) is 0 Å². The summed E-state index contributed by atoms with van der Waals surface area (Å²) in [5.74, 6) is 0.947. The molecule has 0 amide bonds. The summed E-state index contributed by atoms with van der Waals surface area (Å²) in [7, 11) is -0.121. The van der Waals surface area contributed by atoms with Gasteiger partial charge in [0.2, 0.25) is 0 Å². The maximum absolute atomic E-state index is 5.88. The van der Waals surface area contributed by atoms with Crippen LogP contribution in [-0.4, -0.2) is 43.7 Å². The van der Waals surface area contributed by atoms with Gasteiger partial charge in [0.25, 0.3) is 0 Å². The van der Waals surface area contributed by atoms with Gasteiger partial charge in [-0.15, -0.1) is 11.8 Å². The predicted molar refractivity (Wildman–Crippen MR) is 64.4 cm³/mol. The molecule has 0 aromatic carbocycles. The van der Waals surface area contributed by atoms with Crippen LogP contribution in [0.2, 0.25) is 12.6 Å². The van der Waals surface area contributed by atoms with Crippen molar-refractivity contribution in [2.75, 3.05) is 5.75 Å². The fraction of sp³-hybridized carbons (Fsp3) is 1.00. The molecule has 4 nitrogen and oxygen atoms in total. The zero-order chi connectivity index (χ0) is 11.1. The van der Waals surface area contributed by atoms with Crippen LogP contribution in [0.15, 0.2) is 0 Å². The van der Waals surface area contributed by atoms with E-state index in [0.29, 0.717) is 0 Å². The summed E-state index contributed by atoms with van der Waals surface area (Å²) in [6.07, 6.45) is 2.07. The van der Waals surface area contributed by atoms with Gasteiger partial charge in [-0.25, -0.2) is 0 Å². The van der Waals surface area contributed by atoms with E-state index in [4.69, 9.17) is 18.6 Å². The molecule has 4 unspecified atom stereocenters. The van der Waals surface area contributed by atoms with Crippen molar-refractivity contribution in [3.8, 4) is 0 Å². The van der Waals surface area contributed by atoms with Crippen LogP contribution >= 0.6 is 11.8 Å². The number of fused-ring (bicyclic) bond motifs is 3. The Morgan fingerprint density at radius 3 is 2.44 bits per heavy atom. The molecule has 16 heavy (non-hydrogen) atoms. The fourth-order valence-electron chi connectivity index (χ4n) is 2.43. The lowest BCUT2D eigenvalue weighted by Gasteiger charge is -2.32. The lowest BCUT2D eigenvalue weighted by atomic mass is 9.86. The highest BCUT2D eigenvalue weighted by Gasteiger charge is 2.54. The van der Waals surface area contributed by atoms with Crippen LogP contribution in [0.5, 0.6) is 0 Å². The molecule has 0 radical (unpaired) electrons. The van der Waals surface area contributed by atoms with E-state index in [9.17, 15) is 0 Å². The highest BCUT2D eigenvalue weighted by molar-refractivity contribution is 7.99. The number of hydrogen-bond donors (Lipinski definition) is 0. The molecule has 3 aliphatic heterocycles. The third-order valence-electron chi connectivity index (χ3n) is 3.28. The SMILES string of the molecule is CCB1OC2CSC3OB(CC)OC3C2O1. The minimum Gasteiger partial charge on any atom is -0.405 e. The summed E-state index contributed by atoms with van der Waals surface area (Å²) in [5, 5.41) is 0. The molecule has 0 spiro atoms. The molecule has 4 atom stereocenters. The Morgan fingerprint density at radius 1 is 1.00 bits per heavy atom. The molecule has 3 fully saturated rings. The van der Waals surface area contributed by atoms with Crippen LogP contribution in [0.1, 0.15) is 13.8 Å². The van der Waals surface area contributed by atoms with Crippen LogP contribution in [0.4, 0.5) is 0 Å². The maximum atomic E-state index is 5.88. The van der Waals surface area contributed by atoms with E-state index in [0.717, 1.165) is 18.4 Å². The second-order valence-electron chi connectivity index (χ2n) is 4.39. The normalized spacial score (nSPS) is 42.4. The van der Waals surface area contributed by atoms with Gasteiger partial charge < -0.3 is 18.6 Å². The standard InChI is InChI=1S/C9H16B2O4S/c1-3-10-12-6-5-16-9-8(7(6)13-10)14-11(4-2)15-9/h6-9H,3-5H2,1-2H3. The summed E-state index contributed by atoms with van der Waals surface area (Å²) >= 11 is 1.79. The second kappa shape index (κ2) is 4.53. The Bertz CT molecular complexity index is 244. The molecule has 7 heteroatoms. The molecule has 0 aromatic rings. The van der Waals surface area contributed by atoms with E-state index in [2.05, 4.69) is 13.8 Å². The monoisotopic (exact) mass is 242 g/mol. The lowest BCUT2D eigenvalue weighted by molar-refractivity contribution is 0.0388. The van der Waals surface area contributed by atoms with Crippen molar-refractivity contribution in [3.63, 3.8) is 0 Å². The van der Waals surface area contributed by atoms with Gasteiger partial charge in [-0.2, -0.15) is 0 Å². The summed E-state index contributed by atoms with van der Waals surface area (Å²) in [4.78, 5) is 0. The van der Waals surface area contributed by atoms with E-state index in [-0.39, 0.29) is 38.0 Å². The van der Waals surface area contributed by atoms with Crippen molar-refractivity contribution in [2.45, 2.75) is 50.2 Å². The first-order valence-corrected chi connectivity index (χ1v) is 7.10. The van der Waals surface area contributed by atoms with Gasteiger partial charge in [0.05, 0.1) is 12.2 Å². The maximum Gasteiger partial charge on any atom is 0.457 e. The Morgan fingerprint density at radius 2 is 1.69 bits per heavy atom. The first kappa shape index (κ1) is 11.4. The third kappa shape index (κ3) is 1.82. The van der Waals surface area contributed by atoms with Crippen LogP contribution < -0.4 is 0 Å². The van der Waals surface area contributed by atoms with Gasteiger partial charge in [-0.1, -0.05) is 13.8 Å². The van der Waals surface area contributed by atoms with Gasteiger partial charge in [0.15, 0.2) is 0 Å². The Kier molecular flexibility index (Phi) is 3.23. The Hall–Kier alpha value is 0.320. The molecular formula is C9H16B2O4S. The van der Waals surface area contributed by atoms with Crippen molar-refractivity contribution in [3.05, 3.63) is 0 Å². The number of hydrogen-bond acceptors (Lipinski definition) is 5. The third-order valence-corrected chi connectivity index (χ3v) is 4.51. The predicted octanol–water partition coefficient (Wildman–Crippen LogP) is 1.27. The van der Waals surface area contributed by atoms with Crippen molar-refractivity contribution < 1.29 is 18.6 Å². The molecule has 0 bridgehead atoms. The average molecular weight is 242 g/mol. The quantitative estimate of drug-likeness (QED) is 0.681. The molecule has 0 saturated carbocycles. The van der Waals surface area contributed by atoms with E-state index in [1.165, 1.54) is 0 Å². The molecular weight excluding hydrogens is 226 g/mol. The molecule has 0 aromatic heterocycles. The van der Waals surface area contributed by atoms with E-state index in [1.54, 1.807) is 11.8 Å². The van der Waals surface area contributed by atoms with Crippen molar-refractivity contribution in [2.24, 2.45) is 0 Å². The smallest absolute Gasteiger partial charge is 0.405 e. The van der Waals surface area contributed by atoms with Gasteiger partial charge in [0.1, 0.15) is 11.5 Å². The molecule has 3 heterocycles. The van der Waals surface area contributed by atoms with Gasteiger partial charge in [0, 0.05) is 5.75 Å². The van der Waals surface area contributed by atoms with Crippen molar-refractivity contribution in [1.82, 2.24) is 0 Å². The summed E-state index contributed by atoms with van der Waals surface area (Å²) in [5.41, 5.74) is 0.130. The fourth-order valence-corrected chi connectivity index (χ4v) is 3.69. The minimum absolute atomic E-state index is 0.0465. The molecule has 0 aliphatic carbocycles. The van der Waals surface area contributed by atoms with Crippen LogP contribution in [0.3, 0.4) is 0 Å². The zero-order valence-corrected chi connectivity index (χ0v) is 10.4. The van der Waals surface area contributed by atoms with E-state index >= 15 is 0 Å². The van der Waals surface area contributed by atoms with Gasteiger partial charge in [-0.05, 0) is 12.6 Å². The van der Waals surface area contributed by atoms with Crippen LogP contribution in [0.25, 0.3) is 0 Å². The van der Waals surface area contributed by atoms with Gasteiger partial charge in [-0.3, -0.25) is 0 Å². The highest BCUT2D eigenvalue weighted by atomic mass is 32.2. The molecule has 3 rings (SSSR count). The Labute approximate surface area is 101 Å². The number of thioether (sulfide) groups is 1. The summed E-state index contributed by atoms with van der Waals surface area (Å²) < 4.78 is 23.4. The summed E-state index contributed by atoms with van der Waals surface area (Å²) in [6.45, 7) is 4.15.